The fraction of sp³-hybridized carbons (Fsp3) is 0.143. The van der Waals surface area contributed by atoms with Crippen LogP contribution >= 0.6 is 0 Å². The first kappa shape index (κ1) is 20.3. The molecule has 0 saturated carbocycles. The zero-order valence-electron chi connectivity index (χ0n) is 15.9. The molecule has 29 heavy (non-hydrogen) atoms. The lowest BCUT2D eigenvalue weighted by Crippen LogP contribution is -2.40. The van der Waals surface area contributed by atoms with Crippen LogP contribution in [0.4, 0.5) is 5.69 Å². The topological polar surface area (TPSA) is 88.6 Å². The first-order valence-corrected chi connectivity index (χ1v) is 10.3. The highest BCUT2D eigenvalue weighted by molar-refractivity contribution is 7.92. The summed E-state index contributed by atoms with van der Waals surface area (Å²) in [6, 6.07) is 19.9. The van der Waals surface area contributed by atoms with Crippen LogP contribution in [-0.4, -0.2) is 33.0 Å². The van der Waals surface area contributed by atoms with Gasteiger partial charge in [0.25, 0.3) is 10.0 Å². The predicted octanol–water partition coefficient (Wildman–Crippen LogP) is 2.60. The Labute approximate surface area is 170 Å². The van der Waals surface area contributed by atoms with E-state index in [0.717, 1.165) is 4.31 Å². The smallest absolute Gasteiger partial charge is 0.264 e. The number of hydrogen-bond acceptors (Lipinski definition) is 5. The van der Waals surface area contributed by atoms with E-state index in [0.29, 0.717) is 17.1 Å². The van der Waals surface area contributed by atoms with E-state index in [1.54, 1.807) is 60.8 Å². The van der Waals surface area contributed by atoms with Gasteiger partial charge in [0, 0.05) is 6.20 Å². The summed E-state index contributed by atoms with van der Waals surface area (Å²) in [7, 11) is -2.41. The largest absolute Gasteiger partial charge is 0.497 e. The van der Waals surface area contributed by atoms with Gasteiger partial charge in [0.15, 0.2) is 0 Å². The molecule has 0 saturated heterocycles. The van der Waals surface area contributed by atoms with Crippen LogP contribution in [0.1, 0.15) is 5.69 Å². The summed E-state index contributed by atoms with van der Waals surface area (Å²) in [4.78, 5) is 16.8. The van der Waals surface area contributed by atoms with Crippen molar-refractivity contribution in [2.45, 2.75) is 11.4 Å². The molecular formula is C21H21N3O4S. The molecule has 1 amide bonds. The Morgan fingerprint density at radius 3 is 2.31 bits per heavy atom. The third kappa shape index (κ3) is 5.11. The number of amides is 1. The Balaban J connectivity index is 1.85. The van der Waals surface area contributed by atoms with Gasteiger partial charge in [-0.05, 0) is 48.5 Å². The van der Waals surface area contributed by atoms with E-state index in [9.17, 15) is 13.2 Å². The molecule has 0 fully saturated rings. The maximum absolute atomic E-state index is 13.2. The number of aromatic nitrogens is 1. The molecule has 3 rings (SSSR count). The lowest BCUT2D eigenvalue weighted by atomic mass is 10.3. The summed E-state index contributed by atoms with van der Waals surface area (Å²) < 4.78 is 32.6. The number of rotatable bonds is 8. The normalized spacial score (nSPS) is 10.9. The SMILES string of the molecule is COc1ccc(N(CC(=O)NCc2ccccn2)S(=O)(=O)c2ccccc2)cc1. The lowest BCUT2D eigenvalue weighted by Gasteiger charge is -2.24. The second-order valence-electron chi connectivity index (χ2n) is 6.12. The first-order valence-electron chi connectivity index (χ1n) is 8.89. The van der Waals surface area contributed by atoms with E-state index in [-0.39, 0.29) is 18.0 Å². The van der Waals surface area contributed by atoms with Gasteiger partial charge in [0.05, 0.1) is 29.9 Å². The van der Waals surface area contributed by atoms with Crippen LogP contribution < -0.4 is 14.4 Å². The van der Waals surface area contributed by atoms with E-state index >= 15 is 0 Å². The Hall–Kier alpha value is -3.39. The monoisotopic (exact) mass is 411 g/mol. The van der Waals surface area contributed by atoms with Gasteiger partial charge in [-0.25, -0.2) is 8.42 Å². The maximum atomic E-state index is 13.2. The molecule has 7 nitrogen and oxygen atoms in total. The van der Waals surface area contributed by atoms with Crippen LogP contribution in [0.25, 0.3) is 0 Å². The van der Waals surface area contributed by atoms with Gasteiger partial charge in [-0.3, -0.25) is 14.1 Å². The van der Waals surface area contributed by atoms with E-state index in [1.807, 2.05) is 6.07 Å². The standard InChI is InChI=1S/C21H21N3O4S/c1-28-19-12-10-18(11-13-19)24(29(26,27)20-8-3-2-4-9-20)16-21(25)23-15-17-7-5-6-14-22-17/h2-14H,15-16H2,1H3,(H,23,25). The fourth-order valence-electron chi connectivity index (χ4n) is 2.66. The number of benzene rings is 2. The molecule has 0 radical (unpaired) electrons. The van der Waals surface area contributed by atoms with Crippen LogP contribution in [0.2, 0.25) is 0 Å². The highest BCUT2D eigenvalue weighted by Gasteiger charge is 2.27. The Bertz CT molecular complexity index is 1040. The van der Waals surface area contributed by atoms with Crippen LogP contribution in [0.5, 0.6) is 5.75 Å². The second-order valence-corrected chi connectivity index (χ2v) is 7.98. The number of ether oxygens (including phenoxy) is 1. The maximum Gasteiger partial charge on any atom is 0.264 e. The van der Waals surface area contributed by atoms with E-state index in [2.05, 4.69) is 10.3 Å². The highest BCUT2D eigenvalue weighted by Crippen LogP contribution is 2.25. The summed E-state index contributed by atoms with van der Waals surface area (Å²) in [5.41, 5.74) is 1.05. The molecule has 0 bridgehead atoms. The van der Waals surface area contributed by atoms with Gasteiger partial charge < -0.3 is 10.1 Å². The number of nitrogens with zero attached hydrogens (tertiary/aromatic N) is 2. The number of sulfonamides is 1. The molecular weight excluding hydrogens is 390 g/mol. The average Bonchev–Trinajstić information content (AvgIpc) is 2.77. The summed E-state index contributed by atoms with van der Waals surface area (Å²) in [6.07, 6.45) is 1.63. The van der Waals surface area contributed by atoms with E-state index < -0.39 is 15.9 Å². The summed E-state index contributed by atoms with van der Waals surface area (Å²) in [5, 5.41) is 2.71. The number of methoxy groups -OCH3 is 1. The van der Waals surface area contributed by atoms with Gasteiger partial charge in [-0.2, -0.15) is 0 Å². The van der Waals surface area contributed by atoms with Crippen molar-refractivity contribution < 1.29 is 17.9 Å². The summed E-state index contributed by atoms with van der Waals surface area (Å²) in [5.74, 6) is 0.149. The number of carbonyl (C=O) groups excluding carboxylic acids is 1. The van der Waals surface area contributed by atoms with Crippen molar-refractivity contribution in [2.24, 2.45) is 0 Å². The van der Waals surface area contributed by atoms with Gasteiger partial charge in [-0.1, -0.05) is 24.3 Å². The Morgan fingerprint density at radius 1 is 1.00 bits per heavy atom. The Kier molecular flexibility index (Phi) is 6.46. The molecule has 3 aromatic rings. The fourth-order valence-corrected chi connectivity index (χ4v) is 4.10. The van der Waals surface area contributed by atoms with Gasteiger partial charge in [0.2, 0.25) is 5.91 Å². The van der Waals surface area contributed by atoms with Crippen LogP contribution in [0, 0.1) is 0 Å². The zero-order valence-corrected chi connectivity index (χ0v) is 16.7. The van der Waals surface area contributed by atoms with Crippen molar-refractivity contribution in [3.8, 4) is 5.75 Å². The second kappa shape index (κ2) is 9.20. The molecule has 0 aliphatic heterocycles. The van der Waals surface area contributed by atoms with Crippen molar-refractivity contribution in [3.63, 3.8) is 0 Å². The number of carbonyl (C=O) groups is 1. The quantitative estimate of drug-likeness (QED) is 0.616. The van der Waals surface area contributed by atoms with E-state index in [1.165, 1.54) is 19.2 Å². The molecule has 0 spiro atoms. The molecule has 0 aliphatic rings. The van der Waals surface area contributed by atoms with Gasteiger partial charge in [0.1, 0.15) is 12.3 Å². The molecule has 0 unspecified atom stereocenters. The molecule has 0 aliphatic carbocycles. The molecule has 1 heterocycles. The van der Waals surface area contributed by atoms with Crippen LogP contribution in [0.15, 0.2) is 83.9 Å². The average molecular weight is 411 g/mol. The first-order chi connectivity index (χ1) is 14.0. The molecule has 1 aromatic heterocycles. The molecule has 8 heteroatoms. The van der Waals surface area contributed by atoms with Crippen LogP contribution in [0.3, 0.4) is 0 Å². The number of pyridine rings is 1. The zero-order chi connectivity index (χ0) is 20.7. The van der Waals surface area contributed by atoms with Gasteiger partial charge >= 0.3 is 0 Å². The minimum atomic E-state index is -3.94. The Morgan fingerprint density at radius 2 is 1.69 bits per heavy atom. The minimum absolute atomic E-state index is 0.105. The summed E-state index contributed by atoms with van der Waals surface area (Å²) in [6.45, 7) is -0.155. The van der Waals surface area contributed by atoms with Crippen molar-refractivity contribution in [1.29, 1.82) is 0 Å². The lowest BCUT2D eigenvalue weighted by molar-refractivity contribution is -0.119. The highest BCUT2D eigenvalue weighted by atomic mass is 32.2. The third-order valence-electron chi connectivity index (χ3n) is 4.17. The number of nitrogens with one attached hydrogen (secondary N) is 1. The van der Waals surface area contributed by atoms with Crippen molar-refractivity contribution in [3.05, 3.63) is 84.7 Å². The molecule has 2 aromatic carbocycles. The van der Waals surface area contributed by atoms with Crippen molar-refractivity contribution >= 4 is 21.6 Å². The molecule has 150 valence electrons. The van der Waals surface area contributed by atoms with E-state index in [4.69, 9.17) is 4.74 Å². The van der Waals surface area contributed by atoms with Crippen LogP contribution in [-0.2, 0) is 21.4 Å². The number of hydrogen-bond donors (Lipinski definition) is 1. The minimum Gasteiger partial charge on any atom is -0.497 e. The van der Waals surface area contributed by atoms with Crippen molar-refractivity contribution in [2.75, 3.05) is 18.0 Å². The van der Waals surface area contributed by atoms with Gasteiger partial charge in [-0.15, -0.1) is 0 Å². The molecule has 0 atom stereocenters. The molecule has 1 N–H and O–H groups in total. The predicted molar refractivity (Wildman–Crippen MR) is 110 cm³/mol. The summed E-state index contributed by atoms with van der Waals surface area (Å²) >= 11 is 0. The number of anilines is 1. The third-order valence-corrected chi connectivity index (χ3v) is 5.96. The van der Waals surface area contributed by atoms with Crippen molar-refractivity contribution in [1.82, 2.24) is 10.3 Å².